The van der Waals surface area contributed by atoms with Crippen LogP contribution in [0, 0.1) is 0 Å². The SMILES string of the molecule is COc1cc(C=Cc2ccc(O)c(NC(=O)/C=C/c3ccccc3N)c2)cc(OC)c1OC. The van der Waals surface area contributed by atoms with Crippen LogP contribution in [0.1, 0.15) is 16.7 Å². The molecule has 7 nitrogen and oxygen atoms in total. The van der Waals surface area contributed by atoms with Crippen molar-refractivity contribution in [2.24, 2.45) is 0 Å². The van der Waals surface area contributed by atoms with Crippen LogP contribution in [0.2, 0.25) is 0 Å². The Balaban J connectivity index is 1.78. The minimum absolute atomic E-state index is 0.0408. The highest BCUT2D eigenvalue weighted by Gasteiger charge is 2.12. The van der Waals surface area contributed by atoms with Crippen molar-refractivity contribution in [3.8, 4) is 23.0 Å². The summed E-state index contributed by atoms with van der Waals surface area (Å²) in [4.78, 5) is 12.3. The number of nitrogens with two attached hydrogens (primary N) is 1. The first-order chi connectivity index (χ1) is 15.9. The van der Waals surface area contributed by atoms with Crippen molar-refractivity contribution >= 4 is 35.5 Å². The number of nitrogens with one attached hydrogen (secondary N) is 1. The Hall–Kier alpha value is -4.39. The summed E-state index contributed by atoms with van der Waals surface area (Å²) in [5, 5.41) is 12.8. The molecule has 0 saturated carbocycles. The second kappa shape index (κ2) is 10.8. The quantitative estimate of drug-likeness (QED) is 0.198. The number of para-hydroxylation sites is 1. The Bertz CT molecular complexity index is 1180. The molecule has 1 amide bonds. The number of rotatable bonds is 8. The van der Waals surface area contributed by atoms with Gasteiger partial charge in [0.15, 0.2) is 11.5 Å². The van der Waals surface area contributed by atoms with Gasteiger partial charge in [0.2, 0.25) is 11.7 Å². The van der Waals surface area contributed by atoms with Crippen LogP contribution in [0.5, 0.6) is 23.0 Å². The van der Waals surface area contributed by atoms with E-state index in [1.54, 1.807) is 45.6 Å². The molecule has 0 spiro atoms. The number of nitrogen functional groups attached to an aromatic ring is 1. The number of phenols is 1. The maximum Gasteiger partial charge on any atom is 0.248 e. The van der Waals surface area contributed by atoms with Gasteiger partial charge in [-0.3, -0.25) is 4.79 Å². The lowest BCUT2D eigenvalue weighted by Gasteiger charge is -2.12. The summed E-state index contributed by atoms with van der Waals surface area (Å²) in [7, 11) is 4.66. The Morgan fingerprint density at radius 2 is 1.55 bits per heavy atom. The molecule has 3 aromatic carbocycles. The van der Waals surface area contributed by atoms with Gasteiger partial charge in [0.1, 0.15) is 5.75 Å². The zero-order chi connectivity index (χ0) is 23.8. The van der Waals surface area contributed by atoms with Gasteiger partial charge in [-0.1, -0.05) is 36.4 Å². The Labute approximate surface area is 192 Å². The van der Waals surface area contributed by atoms with Crippen LogP contribution in [0.4, 0.5) is 11.4 Å². The van der Waals surface area contributed by atoms with Crippen molar-refractivity contribution in [3.05, 3.63) is 77.4 Å². The highest BCUT2D eigenvalue weighted by molar-refractivity contribution is 6.03. The van der Waals surface area contributed by atoms with E-state index in [0.717, 1.165) is 16.7 Å². The number of hydrogen-bond donors (Lipinski definition) is 3. The summed E-state index contributed by atoms with van der Waals surface area (Å²) in [5.74, 6) is 1.17. The van der Waals surface area contributed by atoms with Crippen molar-refractivity contribution in [2.75, 3.05) is 32.4 Å². The number of amides is 1. The molecule has 0 radical (unpaired) electrons. The maximum atomic E-state index is 12.3. The Kier molecular flexibility index (Phi) is 7.60. The van der Waals surface area contributed by atoms with Gasteiger partial charge in [-0.05, 0) is 53.1 Å². The van der Waals surface area contributed by atoms with Crippen LogP contribution in [0.15, 0.2) is 60.7 Å². The van der Waals surface area contributed by atoms with E-state index in [1.165, 1.54) is 12.1 Å². The molecule has 0 aromatic heterocycles. The molecular weight excluding hydrogens is 420 g/mol. The molecule has 0 saturated heterocycles. The van der Waals surface area contributed by atoms with E-state index >= 15 is 0 Å². The van der Waals surface area contributed by atoms with Crippen LogP contribution in [0.3, 0.4) is 0 Å². The molecule has 0 aliphatic carbocycles. The van der Waals surface area contributed by atoms with Gasteiger partial charge in [-0.15, -0.1) is 0 Å². The summed E-state index contributed by atoms with van der Waals surface area (Å²) >= 11 is 0. The molecule has 0 aliphatic heterocycles. The van der Waals surface area contributed by atoms with Crippen molar-refractivity contribution in [3.63, 3.8) is 0 Å². The second-order valence-electron chi connectivity index (χ2n) is 7.02. The second-order valence-corrected chi connectivity index (χ2v) is 7.02. The van der Waals surface area contributed by atoms with Crippen molar-refractivity contribution in [2.45, 2.75) is 0 Å². The van der Waals surface area contributed by atoms with E-state index in [2.05, 4.69) is 5.32 Å². The molecule has 33 heavy (non-hydrogen) atoms. The Morgan fingerprint density at radius 3 is 2.18 bits per heavy atom. The Morgan fingerprint density at radius 1 is 0.879 bits per heavy atom. The molecule has 3 aromatic rings. The fourth-order valence-corrected chi connectivity index (χ4v) is 3.15. The summed E-state index contributed by atoms with van der Waals surface area (Å²) in [6, 6.07) is 15.8. The number of carbonyl (C=O) groups is 1. The summed E-state index contributed by atoms with van der Waals surface area (Å²) in [6.45, 7) is 0. The third-order valence-corrected chi connectivity index (χ3v) is 4.84. The van der Waals surface area contributed by atoms with E-state index in [0.29, 0.717) is 22.9 Å². The third kappa shape index (κ3) is 5.86. The van der Waals surface area contributed by atoms with Crippen molar-refractivity contribution in [1.82, 2.24) is 0 Å². The largest absolute Gasteiger partial charge is 0.506 e. The lowest BCUT2D eigenvalue weighted by molar-refractivity contribution is -0.111. The normalized spacial score (nSPS) is 11.0. The lowest BCUT2D eigenvalue weighted by atomic mass is 10.1. The van der Waals surface area contributed by atoms with Crippen LogP contribution in [-0.4, -0.2) is 32.3 Å². The zero-order valence-corrected chi connectivity index (χ0v) is 18.7. The number of anilines is 2. The number of carbonyl (C=O) groups excluding carboxylic acids is 1. The molecular formula is C26H26N2O5. The van der Waals surface area contributed by atoms with Crippen molar-refractivity contribution in [1.29, 1.82) is 0 Å². The fraction of sp³-hybridized carbons (Fsp3) is 0.115. The van der Waals surface area contributed by atoms with Gasteiger partial charge in [0, 0.05) is 11.8 Å². The first-order valence-corrected chi connectivity index (χ1v) is 10.1. The number of methoxy groups -OCH3 is 3. The van der Waals surface area contributed by atoms with E-state index in [1.807, 2.05) is 42.5 Å². The van der Waals surface area contributed by atoms with Gasteiger partial charge < -0.3 is 30.4 Å². The van der Waals surface area contributed by atoms with Gasteiger partial charge in [0.25, 0.3) is 0 Å². The molecule has 4 N–H and O–H groups in total. The third-order valence-electron chi connectivity index (χ3n) is 4.84. The van der Waals surface area contributed by atoms with Gasteiger partial charge >= 0.3 is 0 Å². The standard InChI is InChI=1S/C26H26N2O5/c1-31-23-15-18(16-24(32-2)26(23)33-3)9-8-17-10-12-22(29)21(14-17)28-25(30)13-11-19-6-4-5-7-20(19)27/h4-16,29H,27H2,1-3H3,(H,28,30)/b9-8?,13-11+. The monoisotopic (exact) mass is 446 g/mol. The van der Waals surface area contributed by atoms with Gasteiger partial charge in [-0.25, -0.2) is 0 Å². The minimum Gasteiger partial charge on any atom is -0.506 e. The van der Waals surface area contributed by atoms with Crippen LogP contribution < -0.4 is 25.3 Å². The van der Waals surface area contributed by atoms with Crippen LogP contribution in [0.25, 0.3) is 18.2 Å². The number of aromatic hydroxyl groups is 1. The average Bonchev–Trinajstić information content (AvgIpc) is 2.83. The van der Waals surface area contributed by atoms with Crippen LogP contribution >= 0.6 is 0 Å². The highest BCUT2D eigenvalue weighted by atomic mass is 16.5. The molecule has 0 aliphatic rings. The number of hydrogen-bond acceptors (Lipinski definition) is 6. The minimum atomic E-state index is -0.390. The lowest BCUT2D eigenvalue weighted by Crippen LogP contribution is -2.08. The molecule has 3 rings (SSSR count). The number of benzene rings is 3. The number of ether oxygens (including phenoxy) is 3. The molecule has 7 heteroatoms. The predicted molar refractivity (Wildman–Crippen MR) is 132 cm³/mol. The summed E-state index contributed by atoms with van der Waals surface area (Å²) < 4.78 is 16.1. The molecule has 0 heterocycles. The number of phenolic OH excluding ortho intramolecular Hbond substituents is 1. The average molecular weight is 447 g/mol. The maximum absolute atomic E-state index is 12.3. The van der Waals surface area contributed by atoms with Gasteiger partial charge in [0.05, 0.1) is 27.0 Å². The van der Waals surface area contributed by atoms with E-state index < -0.39 is 0 Å². The molecule has 170 valence electrons. The first kappa shape index (κ1) is 23.3. The molecule has 0 fully saturated rings. The first-order valence-electron chi connectivity index (χ1n) is 10.1. The topological polar surface area (TPSA) is 103 Å². The zero-order valence-electron chi connectivity index (χ0n) is 18.7. The van der Waals surface area contributed by atoms with E-state index in [9.17, 15) is 9.90 Å². The smallest absolute Gasteiger partial charge is 0.248 e. The van der Waals surface area contributed by atoms with Crippen LogP contribution in [-0.2, 0) is 4.79 Å². The molecule has 0 atom stereocenters. The van der Waals surface area contributed by atoms with Crippen molar-refractivity contribution < 1.29 is 24.1 Å². The van der Waals surface area contributed by atoms with E-state index in [-0.39, 0.29) is 17.3 Å². The van der Waals surface area contributed by atoms with E-state index in [4.69, 9.17) is 19.9 Å². The summed E-state index contributed by atoms with van der Waals surface area (Å²) in [6.07, 6.45) is 6.69. The molecule has 0 bridgehead atoms. The summed E-state index contributed by atoms with van der Waals surface area (Å²) in [5.41, 5.74) is 9.08. The molecule has 0 unspecified atom stereocenters. The highest BCUT2D eigenvalue weighted by Crippen LogP contribution is 2.38. The predicted octanol–water partition coefficient (Wildman–Crippen LogP) is 4.82. The fourth-order valence-electron chi connectivity index (χ4n) is 3.15. The van der Waals surface area contributed by atoms with Gasteiger partial charge in [-0.2, -0.15) is 0 Å².